The summed E-state index contributed by atoms with van der Waals surface area (Å²) in [5.74, 6) is 0.467. The summed E-state index contributed by atoms with van der Waals surface area (Å²) in [6, 6.07) is 6.86. The second-order valence-corrected chi connectivity index (χ2v) is 6.90. The summed E-state index contributed by atoms with van der Waals surface area (Å²) in [7, 11) is -3.28. The average Bonchev–Trinajstić information content (AvgIpc) is 2.18. The van der Waals surface area contributed by atoms with E-state index in [1.54, 1.807) is 24.3 Å². The van der Waals surface area contributed by atoms with Gasteiger partial charge in [-0.25, -0.2) is 13.1 Å². The Morgan fingerprint density at radius 1 is 1.17 bits per heavy atom. The highest BCUT2D eigenvalue weighted by molar-refractivity contribution is 7.88. The van der Waals surface area contributed by atoms with E-state index < -0.39 is 10.0 Å². The minimum atomic E-state index is -3.28. The molecule has 1 unspecified atom stereocenters. The van der Waals surface area contributed by atoms with Crippen molar-refractivity contribution in [3.05, 3.63) is 29.8 Å². The Kier molecular flexibility index (Phi) is 5.16. The number of nitrogens with two attached hydrogens (primary N) is 1. The van der Waals surface area contributed by atoms with Crippen molar-refractivity contribution in [2.45, 2.75) is 39.0 Å². The molecule has 1 aromatic carbocycles. The lowest BCUT2D eigenvalue weighted by Gasteiger charge is -2.16. The Balaban J connectivity index is 2.62. The third-order valence-corrected chi connectivity index (χ3v) is 4.02. The zero-order valence-electron chi connectivity index (χ0n) is 11.2. The van der Waals surface area contributed by atoms with Gasteiger partial charge in [-0.1, -0.05) is 26.0 Å². The smallest absolute Gasteiger partial charge is 0.216 e. The molecule has 0 saturated heterocycles. The van der Waals surface area contributed by atoms with Crippen LogP contribution in [-0.2, 0) is 15.8 Å². The Morgan fingerprint density at radius 2 is 1.72 bits per heavy atom. The minimum Gasteiger partial charge on any atom is -0.399 e. The van der Waals surface area contributed by atoms with Gasteiger partial charge < -0.3 is 5.73 Å². The summed E-state index contributed by atoms with van der Waals surface area (Å²) in [4.78, 5) is 0. The molecule has 0 saturated carbocycles. The molecule has 1 atom stereocenters. The molecule has 0 aliphatic rings. The fourth-order valence-corrected chi connectivity index (χ4v) is 3.36. The van der Waals surface area contributed by atoms with E-state index in [1.165, 1.54) is 0 Å². The van der Waals surface area contributed by atoms with Crippen LogP contribution in [0.15, 0.2) is 24.3 Å². The average molecular weight is 270 g/mol. The maximum Gasteiger partial charge on any atom is 0.216 e. The molecule has 102 valence electrons. The molecule has 0 aliphatic carbocycles. The summed E-state index contributed by atoms with van der Waals surface area (Å²) >= 11 is 0. The number of benzene rings is 1. The molecule has 5 heteroatoms. The number of anilines is 1. The Hall–Kier alpha value is -1.07. The Labute approximate surface area is 110 Å². The molecule has 0 fully saturated rings. The molecule has 0 aromatic heterocycles. The Bertz CT molecular complexity index is 466. The van der Waals surface area contributed by atoms with Crippen LogP contribution >= 0.6 is 0 Å². The zero-order valence-corrected chi connectivity index (χ0v) is 12.0. The first-order chi connectivity index (χ1) is 8.28. The highest BCUT2D eigenvalue weighted by atomic mass is 32.2. The van der Waals surface area contributed by atoms with Crippen molar-refractivity contribution in [2.24, 2.45) is 5.92 Å². The van der Waals surface area contributed by atoms with Gasteiger partial charge in [-0.15, -0.1) is 0 Å². The van der Waals surface area contributed by atoms with Crippen molar-refractivity contribution >= 4 is 15.7 Å². The maximum absolute atomic E-state index is 11.9. The predicted octanol–water partition coefficient (Wildman–Crippen LogP) is 2.12. The number of nitrogens with one attached hydrogen (secondary N) is 1. The van der Waals surface area contributed by atoms with Crippen LogP contribution in [0.2, 0.25) is 0 Å². The number of nitrogen functional groups attached to an aromatic ring is 1. The molecular formula is C13H22N2O2S. The lowest BCUT2D eigenvalue weighted by atomic mass is 10.1. The molecule has 0 spiro atoms. The van der Waals surface area contributed by atoms with Crippen molar-refractivity contribution in [3.8, 4) is 0 Å². The van der Waals surface area contributed by atoms with Crippen LogP contribution in [-0.4, -0.2) is 14.5 Å². The van der Waals surface area contributed by atoms with Crippen molar-refractivity contribution < 1.29 is 8.42 Å². The number of hydrogen-bond acceptors (Lipinski definition) is 3. The molecule has 18 heavy (non-hydrogen) atoms. The van der Waals surface area contributed by atoms with Gasteiger partial charge in [0, 0.05) is 11.7 Å². The quantitative estimate of drug-likeness (QED) is 0.778. The molecule has 0 bridgehead atoms. The highest BCUT2D eigenvalue weighted by Crippen LogP contribution is 2.10. The first-order valence-corrected chi connectivity index (χ1v) is 7.78. The van der Waals surface area contributed by atoms with Gasteiger partial charge in [0.15, 0.2) is 0 Å². The highest BCUT2D eigenvalue weighted by Gasteiger charge is 2.15. The normalized spacial score (nSPS) is 13.8. The van der Waals surface area contributed by atoms with Crippen LogP contribution in [0.3, 0.4) is 0 Å². The largest absolute Gasteiger partial charge is 0.399 e. The second kappa shape index (κ2) is 6.20. The van der Waals surface area contributed by atoms with Gasteiger partial charge in [-0.05, 0) is 37.0 Å². The van der Waals surface area contributed by atoms with Gasteiger partial charge in [0.2, 0.25) is 10.0 Å². The van der Waals surface area contributed by atoms with E-state index in [-0.39, 0.29) is 11.8 Å². The molecule has 0 aliphatic heterocycles. The van der Waals surface area contributed by atoms with E-state index in [9.17, 15) is 8.42 Å². The summed E-state index contributed by atoms with van der Waals surface area (Å²) in [5, 5.41) is 0. The number of sulfonamides is 1. The minimum absolute atomic E-state index is 0.00425. The molecule has 0 radical (unpaired) electrons. The van der Waals surface area contributed by atoms with E-state index in [2.05, 4.69) is 18.6 Å². The molecule has 0 heterocycles. The van der Waals surface area contributed by atoms with E-state index in [1.807, 2.05) is 6.92 Å². The van der Waals surface area contributed by atoms with Crippen LogP contribution in [0.4, 0.5) is 5.69 Å². The van der Waals surface area contributed by atoms with Crippen LogP contribution in [0.25, 0.3) is 0 Å². The van der Waals surface area contributed by atoms with E-state index in [0.717, 1.165) is 12.0 Å². The van der Waals surface area contributed by atoms with Crippen molar-refractivity contribution in [2.75, 3.05) is 5.73 Å². The fourth-order valence-electron chi connectivity index (χ4n) is 1.94. The standard InChI is InChI=1S/C13H22N2O2S/c1-10(2)8-11(3)15-18(16,17)9-12-4-6-13(14)7-5-12/h4-7,10-11,15H,8-9,14H2,1-3H3. The first kappa shape index (κ1) is 15.0. The van der Waals surface area contributed by atoms with Gasteiger partial charge in [-0.2, -0.15) is 0 Å². The molecule has 1 aromatic rings. The molecule has 0 amide bonds. The van der Waals surface area contributed by atoms with Crippen molar-refractivity contribution in [1.82, 2.24) is 4.72 Å². The SMILES string of the molecule is CC(C)CC(C)NS(=O)(=O)Cc1ccc(N)cc1. The van der Waals surface area contributed by atoms with E-state index in [4.69, 9.17) is 5.73 Å². The first-order valence-electron chi connectivity index (χ1n) is 6.13. The summed E-state index contributed by atoms with van der Waals surface area (Å²) in [6.45, 7) is 6.04. The van der Waals surface area contributed by atoms with Crippen LogP contribution in [0, 0.1) is 5.92 Å². The predicted molar refractivity (Wildman–Crippen MR) is 75.5 cm³/mol. The van der Waals surface area contributed by atoms with E-state index >= 15 is 0 Å². The summed E-state index contributed by atoms with van der Waals surface area (Å²) < 4.78 is 26.6. The molecule has 1 rings (SSSR count). The number of rotatable bonds is 6. The van der Waals surface area contributed by atoms with Crippen LogP contribution < -0.4 is 10.5 Å². The van der Waals surface area contributed by atoms with Crippen molar-refractivity contribution in [3.63, 3.8) is 0 Å². The lowest BCUT2D eigenvalue weighted by molar-refractivity contribution is 0.482. The molecular weight excluding hydrogens is 248 g/mol. The maximum atomic E-state index is 11.9. The topological polar surface area (TPSA) is 72.2 Å². The fraction of sp³-hybridized carbons (Fsp3) is 0.538. The van der Waals surface area contributed by atoms with Gasteiger partial charge in [0.1, 0.15) is 0 Å². The monoisotopic (exact) mass is 270 g/mol. The van der Waals surface area contributed by atoms with Gasteiger partial charge >= 0.3 is 0 Å². The second-order valence-electron chi connectivity index (χ2n) is 5.15. The molecule has 3 N–H and O–H groups in total. The molecule has 4 nitrogen and oxygen atoms in total. The van der Waals surface area contributed by atoms with Gasteiger partial charge in [0.25, 0.3) is 0 Å². The van der Waals surface area contributed by atoms with Gasteiger partial charge in [-0.3, -0.25) is 0 Å². The third-order valence-electron chi connectivity index (χ3n) is 2.54. The number of hydrogen-bond donors (Lipinski definition) is 2. The summed E-state index contributed by atoms with van der Waals surface area (Å²) in [6.07, 6.45) is 0.834. The third kappa shape index (κ3) is 5.51. The van der Waals surface area contributed by atoms with Crippen LogP contribution in [0.5, 0.6) is 0 Å². The van der Waals surface area contributed by atoms with Crippen molar-refractivity contribution in [1.29, 1.82) is 0 Å². The zero-order chi connectivity index (χ0) is 13.8. The van der Waals surface area contributed by atoms with Gasteiger partial charge in [0.05, 0.1) is 5.75 Å². The summed E-state index contributed by atoms with van der Waals surface area (Å²) in [5.41, 5.74) is 6.94. The van der Waals surface area contributed by atoms with Crippen LogP contribution in [0.1, 0.15) is 32.8 Å². The van der Waals surface area contributed by atoms with E-state index in [0.29, 0.717) is 11.6 Å². The lowest BCUT2D eigenvalue weighted by Crippen LogP contribution is -2.34. The Morgan fingerprint density at radius 3 is 2.22 bits per heavy atom.